The van der Waals surface area contributed by atoms with Gasteiger partial charge >= 0.3 is 0 Å². The smallest absolute Gasteiger partial charge is 0.255 e. The molecule has 0 aliphatic heterocycles. The molecule has 0 spiro atoms. The molecule has 0 bridgehead atoms. The number of hydrogen-bond acceptors (Lipinski definition) is 4. The lowest BCUT2D eigenvalue weighted by atomic mass is 10.1. The van der Waals surface area contributed by atoms with Crippen LogP contribution in [0.1, 0.15) is 35.7 Å². The predicted octanol–water partition coefficient (Wildman–Crippen LogP) is 4.70. The highest BCUT2D eigenvalue weighted by Gasteiger charge is 2.23. The van der Waals surface area contributed by atoms with Crippen LogP contribution in [0.2, 0.25) is 0 Å². The minimum atomic E-state index is -0.0416. The molecule has 134 valence electrons. The number of aromatic nitrogens is 2. The summed E-state index contributed by atoms with van der Waals surface area (Å²) in [5, 5.41) is 4.05. The lowest BCUT2D eigenvalue weighted by Crippen LogP contribution is -2.36. The number of aryl methyl sites for hydroxylation is 1. The summed E-state index contributed by atoms with van der Waals surface area (Å²) in [5.41, 5.74) is 2.75. The molecule has 0 radical (unpaired) electrons. The quantitative estimate of drug-likeness (QED) is 0.517. The van der Waals surface area contributed by atoms with Crippen molar-refractivity contribution >= 4 is 28.5 Å². The Morgan fingerprint density at radius 3 is 2.50 bits per heavy atom. The molecule has 0 saturated heterocycles. The first-order valence-electron chi connectivity index (χ1n) is 8.41. The SMILES string of the molecule is Cc1ccc(-c2noc(CN(C(=O)c3ccccc3I)C(C)C)n2)cc1. The third-order valence-corrected chi connectivity index (χ3v) is 5.01. The second kappa shape index (κ2) is 7.99. The summed E-state index contributed by atoms with van der Waals surface area (Å²) in [6.45, 7) is 6.26. The summed E-state index contributed by atoms with van der Waals surface area (Å²) in [6.07, 6.45) is 0. The van der Waals surface area contributed by atoms with Crippen LogP contribution in [-0.2, 0) is 6.54 Å². The zero-order valence-corrected chi connectivity index (χ0v) is 17.1. The van der Waals surface area contributed by atoms with Gasteiger partial charge in [-0.15, -0.1) is 0 Å². The van der Waals surface area contributed by atoms with E-state index >= 15 is 0 Å². The predicted molar refractivity (Wildman–Crippen MR) is 109 cm³/mol. The van der Waals surface area contributed by atoms with Crippen LogP contribution >= 0.6 is 22.6 Å². The van der Waals surface area contributed by atoms with Gasteiger partial charge < -0.3 is 9.42 Å². The van der Waals surface area contributed by atoms with E-state index in [4.69, 9.17) is 4.52 Å². The lowest BCUT2D eigenvalue weighted by Gasteiger charge is -2.25. The molecule has 1 heterocycles. The van der Waals surface area contributed by atoms with Gasteiger partial charge in [0.25, 0.3) is 5.91 Å². The molecular weight excluding hydrogens is 441 g/mol. The molecule has 0 atom stereocenters. The molecular formula is C20H20IN3O2. The van der Waals surface area contributed by atoms with Crippen molar-refractivity contribution in [3.8, 4) is 11.4 Å². The van der Waals surface area contributed by atoms with E-state index in [1.165, 1.54) is 5.56 Å². The number of benzene rings is 2. The van der Waals surface area contributed by atoms with E-state index in [-0.39, 0.29) is 18.5 Å². The molecule has 2 aromatic carbocycles. The highest BCUT2D eigenvalue weighted by molar-refractivity contribution is 14.1. The molecule has 0 saturated carbocycles. The minimum Gasteiger partial charge on any atom is -0.337 e. The molecule has 0 fully saturated rings. The average molecular weight is 461 g/mol. The van der Waals surface area contributed by atoms with Crippen molar-refractivity contribution in [3.63, 3.8) is 0 Å². The number of carbonyl (C=O) groups is 1. The standard InChI is InChI=1S/C20H20IN3O2/c1-13(2)24(20(25)16-6-4-5-7-17(16)21)12-18-22-19(23-26-18)15-10-8-14(3)9-11-15/h4-11,13H,12H2,1-3H3. The number of amides is 1. The molecule has 5 nitrogen and oxygen atoms in total. The Balaban J connectivity index is 1.82. The molecule has 26 heavy (non-hydrogen) atoms. The third kappa shape index (κ3) is 4.12. The topological polar surface area (TPSA) is 59.2 Å². The molecule has 1 aromatic heterocycles. The molecule has 0 unspecified atom stereocenters. The highest BCUT2D eigenvalue weighted by atomic mass is 127. The fourth-order valence-corrected chi connectivity index (χ4v) is 3.18. The Hall–Kier alpha value is -2.22. The Morgan fingerprint density at radius 1 is 1.15 bits per heavy atom. The highest BCUT2D eigenvalue weighted by Crippen LogP contribution is 2.20. The normalized spacial score (nSPS) is 11.0. The van der Waals surface area contributed by atoms with E-state index in [2.05, 4.69) is 32.7 Å². The summed E-state index contributed by atoms with van der Waals surface area (Å²) in [4.78, 5) is 19.2. The molecule has 1 amide bonds. The monoisotopic (exact) mass is 461 g/mol. The van der Waals surface area contributed by atoms with Crippen molar-refractivity contribution in [2.75, 3.05) is 0 Å². The van der Waals surface area contributed by atoms with E-state index in [0.29, 0.717) is 17.3 Å². The molecule has 3 aromatic rings. The van der Waals surface area contributed by atoms with Gasteiger partial charge in [-0.3, -0.25) is 4.79 Å². The minimum absolute atomic E-state index is 0.00762. The fraction of sp³-hybridized carbons (Fsp3) is 0.250. The van der Waals surface area contributed by atoms with Crippen molar-refractivity contribution < 1.29 is 9.32 Å². The number of hydrogen-bond donors (Lipinski definition) is 0. The van der Waals surface area contributed by atoms with Crippen LogP contribution in [0.5, 0.6) is 0 Å². The van der Waals surface area contributed by atoms with Crippen molar-refractivity contribution in [1.29, 1.82) is 0 Å². The van der Waals surface area contributed by atoms with Crippen LogP contribution in [0.25, 0.3) is 11.4 Å². The van der Waals surface area contributed by atoms with Crippen LogP contribution < -0.4 is 0 Å². The van der Waals surface area contributed by atoms with E-state index in [0.717, 1.165) is 9.13 Å². The number of nitrogens with zero attached hydrogens (tertiary/aromatic N) is 3. The van der Waals surface area contributed by atoms with Crippen molar-refractivity contribution in [1.82, 2.24) is 15.0 Å². The van der Waals surface area contributed by atoms with Crippen LogP contribution in [0.3, 0.4) is 0 Å². The first-order valence-corrected chi connectivity index (χ1v) is 9.48. The van der Waals surface area contributed by atoms with Gasteiger partial charge in [0, 0.05) is 15.2 Å². The zero-order valence-electron chi connectivity index (χ0n) is 14.9. The van der Waals surface area contributed by atoms with Gasteiger partial charge in [-0.05, 0) is 55.5 Å². The molecule has 0 aliphatic rings. The molecule has 3 rings (SSSR count). The maximum absolute atomic E-state index is 13.0. The van der Waals surface area contributed by atoms with E-state index < -0.39 is 0 Å². The summed E-state index contributed by atoms with van der Waals surface area (Å²) in [6, 6.07) is 15.5. The van der Waals surface area contributed by atoms with Crippen LogP contribution in [0.4, 0.5) is 0 Å². The van der Waals surface area contributed by atoms with Gasteiger partial charge in [0.05, 0.1) is 5.56 Å². The third-order valence-electron chi connectivity index (χ3n) is 4.07. The number of rotatable bonds is 5. The van der Waals surface area contributed by atoms with E-state index in [1.807, 2.05) is 69.3 Å². The van der Waals surface area contributed by atoms with Gasteiger partial charge in [-0.2, -0.15) is 4.98 Å². The average Bonchev–Trinajstić information content (AvgIpc) is 3.08. The van der Waals surface area contributed by atoms with Gasteiger partial charge in [-0.25, -0.2) is 0 Å². The maximum Gasteiger partial charge on any atom is 0.255 e. The van der Waals surface area contributed by atoms with E-state index in [1.54, 1.807) is 4.90 Å². The Morgan fingerprint density at radius 2 is 1.85 bits per heavy atom. The van der Waals surface area contributed by atoms with Gasteiger partial charge in [0.1, 0.15) is 6.54 Å². The fourth-order valence-electron chi connectivity index (χ4n) is 2.56. The van der Waals surface area contributed by atoms with Crippen molar-refractivity contribution in [2.45, 2.75) is 33.4 Å². The second-order valence-electron chi connectivity index (χ2n) is 6.38. The Kier molecular flexibility index (Phi) is 5.70. The number of halogens is 1. The van der Waals surface area contributed by atoms with Crippen LogP contribution in [0, 0.1) is 10.5 Å². The molecule has 0 aliphatic carbocycles. The van der Waals surface area contributed by atoms with Crippen LogP contribution in [-0.4, -0.2) is 27.0 Å². The largest absolute Gasteiger partial charge is 0.337 e. The Labute approximate surface area is 166 Å². The van der Waals surface area contributed by atoms with Crippen molar-refractivity contribution in [3.05, 3.63) is 69.1 Å². The zero-order chi connectivity index (χ0) is 18.7. The maximum atomic E-state index is 13.0. The summed E-state index contributed by atoms with van der Waals surface area (Å²) >= 11 is 2.18. The first kappa shape index (κ1) is 18.6. The molecule has 0 N–H and O–H groups in total. The van der Waals surface area contributed by atoms with Gasteiger partial charge in [-0.1, -0.05) is 47.1 Å². The molecule has 6 heteroatoms. The summed E-state index contributed by atoms with van der Waals surface area (Å²) in [5.74, 6) is 0.916. The summed E-state index contributed by atoms with van der Waals surface area (Å²) in [7, 11) is 0. The first-order chi connectivity index (χ1) is 12.5. The van der Waals surface area contributed by atoms with Crippen molar-refractivity contribution in [2.24, 2.45) is 0 Å². The van der Waals surface area contributed by atoms with Gasteiger partial charge in [0.15, 0.2) is 0 Å². The second-order valence-corrected chi connectivity index (χ2v) is 7.55. The number of carbonyl (C=O) groups excluding carboxylic acids is 1. The van der Waals surface area contributed by atoms with E-state index in [9.17, 15) is 4.79 Å². The lowest BCUT2D eigenvalue weighted by molar-refractivity contribution is 0.0666. The Bertz CT molecular complexity index is 903. The summed E-state index contributed by atoms with van der Waals surface area (Å²) < 4.78 is 6.31. The van der Waals surface area contributed by atoms with Gasteiger partial charge in [0.2, 0.25) is 11.7 Å². The van der Waals surface area contributed by atoms with Crippen LogP contribution in [0.15, 0.2) is 53.1 Å².